The summed E-state index contributed by atoms with van der Waals surface area (Å²) >= 11 is 9.36. The van der Waals surface area contributed by atoms with Crippen LogP contribution in [-0.2, 0) is 18.9 Å². The summed E-state index contributed by atoms with van der Waals surface area (Å²) in [6.45, 7) is 2.39. The molecule has 0 saturated carbocycles. The molecule has 22 heavy (non-hydrogen) atoms. The highest BCUT2D eigenvalue weighted by atomic mass is 79.9. The zero-order chi connectivity index (χ0) is 16.3. The standard InChI is InChI=1S/C15H18BrClN2O3/c1-2-3-4-12-18-14(17)13(15(20,21)22)19(12)9-10-5-7-11(16)8-6-10/h5-8,20-22H,2-4,9H2,1H3. The molecular formula is C15H18BrClN2O3. The number of hydrogen-bond acceptors (Lipinski definition) is 4. The lowest BCUT2D eigenvalue weighted by Gasteiger charge is -2.18. The maximum absolute atomic E-state index is 9.57. The van der Waals surface area contributed by atoms with Crippen LogP contribution >= 0.6 is 27.5 Å². The van der Waals surface area contributed by atoms with Crippen molar-refractivity contribution in [1.29, 1.82) is 0 Å². The largest absolute Gasteiger partial charge is 0.338 e. The van der Waals surface area contributed by atoms with E-state index in [1.54, 1.807) is 4.57 Å². The maximum Gasteiger partial charge on any atom is 0.323 e. The highest BCUT2D eigenvalue weighted by Gasteiger charge is 2.32. The van der Waals surface area contributed by atoms with Gasteiger partial charge in [-0.2, -0.15) is 0 Å². The Morgan fingerprint density at radius 1 is 1.23 bits per heavy atom. The monoisotopic (exact) mass is 388 g/mol. The van der Waals surface area contributed by atoms with E-state index in [9.17, 15) is 15.3 Å². The van der Waals surface area contributed by atoms with Gasteiger partial charge in [0, 0.05) is 17.4 Å². The molecule has 3 N–H and O–H groups in total. The van der Waals surface area contributed by atoms with Crippen molar-refractivity contribution in [3.8, 4) is 0 Å². The molecule has 0 aliphatic heterocycles. The fourth-order valence-electron chi connectivity index (χ4n) is 2.25. The second-order valence-electron chi connectivity index (χ2n) is 5.12. The molecule has 0 fully saturated rings. The number of benzene rings is 1. The molecule has 7 heteroatoms. The van der Waals surface area contributed by atoms with E-state index in [-0.39, 0.29) is 10.8 Å². The van der Waals surface area contributed by atoms with Crippen molar-refractivity contribution < 1.29 is 15.3 Å². The van der Waals surface area contributed by atoms with Crippen LogP contribution in [0.5, 0.6) is 0 Å². The van der Waals surface area contributed by atoms with E-state index in [0.717, 1.165) is 22.9 Å². The van der Waals surface area contributed by atoms with Gasteiger partial charge in [-0.1, -0.05) is 53.0 Å². The molecule has 5 nitrogen and oxygen atoms in total. The van der Waals surface area contributed by atoms with E-state index < -0.39 is 5.97 Å². The Labute approximate surface area is 142 Å². The molecule has 2 aromatic rings. The van der Waals surface area contributed by atoms with Crippen LogP contribution in [0.1, 0.15) is 36.8 Å². The summed E-state index contributed by atoms with van der Waals surface area (Å²) in [5, 5.41) is 28.6. The van der Waals surface area contributed by atoms with Crippen LogP contribution in [0.2, 0.25) is 5.15 Å². The number of hydrogen-bond donors (Lipinski definition) is 3. The normalized spacial score (nSPS) is 11.9. The van der Waals surface area contributed by atoms with Crippen molar-refractivity contribution in [3.63, 3.8) is 0 Å². The van der Waals surface area contributed by atoms with Gasteiger partial charge in [-0.15, -0.1) is 0 Å². The summed E-state index contributed by atoms with van der Waals surface area (Å²) in [4.78, 5) is 4.17. The second kappa shape index (κ2) is 7.10. The molecule has 0 aliphatic carbocycles. The van der Waals surface area contributed by atoms with Crippen molar-refractivity contribution in [2.75, 3.05) is 0 Å². The van der Waals surface area contributed by atoms with Gasteiger partial charge in [0.1, 0.15) is 11.5 Å². The number of rotatable bonds is 6. The van der Waals surface area contributed by atoms with Gasteiger partial charge in [0.25, 0.3) is 0 Å². The predicted octanol–water partition coefficient (Wildman–Crippen LogP) is 2.78. The molecule has 0 atom stereocenters. The highest BCUT2D eigenvalue weighted by molar-refractivity contribution is 9.10. The number of halogens is 2. The Bertz CT molecular complexity index is 635. The van der Waals surface area contributed by atoms with Crippen LogP contribution < -0.4 is 0 Å². The summed E-state index contributed by atoms with van der Waals surface area (Å²) in [6, 6.07) is 7.59. The summed E-state index contributed by atoms with van der Waals surface area (Å²) in [6.07, 6.45) is 2.51. The number of imidazole rings is 1. The molecule has 1 aromatic heterocycles. The molecule has 0 bridgehead atoms. The lowest BCUT2D eigenvalue weighted by molar-refractivity contribution is -0.327. The minimum absolute atomic E-state index is 0.101. The van der Waals surface area contributed by atoms with Gasteiger partial charge in [-0.05, 0) is 24.1 Å². The smallest absolute Gasteiger partial charge is 0.323 e. The number of nitrogens with zero attached hydrogens (tertiary/aromatic N) is 2. The lowest BCUT2D eigenvalue weighted by atomic mass is 10.2. The van der Waals surface area contributed by atoms with Gasteiger partial charge >= 0.3 is 5.97 Å². The van der Waals surface area contributed by atoms with Gasteiger partial charge in [0.2, 0.25) is 0 Å². The van der Waals surface area contributed by atoms with Crippen molar-refractivity contribution in [2.45, 2.75) is 38.7 Å². The van der Waals surface area contributed by atoms with Crippen LogP contribution in [0.15, 0.2) is 28.7 Å². The third-order valence-electron chi connectivity index (χ3n) is 3.33. The van der Waals surface area contributed by atoms with Gasteiger partial charge in [0.05, 0.1) is 0 Å². The summed E-state index contributed by atoms with van der Waals surface area (Å²) in [7, 11) is 0. The van der Waals surface area contributed by atoms with Crippen LogP contribution in [0.3, 0.4) is 0 Å². The van der Waals surface area contributed by atoms with E-state index in [0.29, 0.717) is 18.8 Å². The minimum Gasteiger partial charge on any atom is -0.338 e. The van der Waals surface area contributed by atoms with Crippen molar-refractivity contribution in [3.05, 3.63) is 51.0 Å². The SMILES string of the molecule is CCCCc1nc(Cl)c(C(O)(O)O)n1Cc1ccc(Br)cc1. The Morgan fingerprint density at radius 3 is 2.41 bits per heavy atom. The van der Waals surface area contributed by atoms with E-state index in [4.69, 9.17) is 11.6 Å². The van der Waals surface area contributed by atoms with Crippen molar-refractivity contribution in [2.24, 2.45) is 0 Å². The summed E-state index contributed by atoms with van der Waals surface area (Å²) in [5.41, 5.74) is 0.726. The van der Waals surface area contributed by atoms with Crippen LogP contribution in [0.4, 0.5) is 0 Å². The Hall–Kier alpha value is -0.920. The first kappa shape index (κ1) is 17.4. The van der Waals surface area contributed by atoms with Gasteiger partial charge in [-0.3, -0.25) is 0 Å². The van der Waals surface area contributed by atoms with E-state index in [1.165, 1.54) is 0 Å². The van der Waals surface area contributed by atoms with Crippen LogP contribution in [0, 0.1) is 0 Å². The minimum atomic E-state index is -3.02. The molecule has 0 aliphatic rings. The van der Waals surface area contributed by atoms with Gasteiger partial charge < -0.3 is 19.9 Å². The van der Waals surface area contributed by atoms with Crippen LogP contribution in [0.25, 0.3) is 0 Å². The van der Waals surface area contributed by atoms with Crippen molar-refractivity contribution >= 4 is 27.5 Å². The Morgan fingerprint density at radius 2 is 1.86 bits per heavy atom. The molecule has 0 radical (unpaired) electrons. The maximum atomic E-state index is 9.57. The number of aryl methyl sites for hydroxylation is 1. The topological polar surface area (TPSA) is 78.5 Å². The first-order valence-electron chi connectivity index (χ1n) is 7.00. The highest BCUT2D eigenvalue weighted by Crippen LogP contribution is 2.27. The Balaban J connectivity index is 2.43. The van der Waals surface area contributed by atoms with Crippen molar-refractivity contribution in [1.82, 2.24) is 9.55 Å². The molecule has 1 heterocycles. The third kappa shape index (κ3) is 4.08. The molecular weight excluding hydrogens is 372 g/mol. The summed E-state index contributed by atoms with van der Waals surface area (Å²) < 4.78 is 2.51. The molecule has 1 aromatic carbocycles. The fourth-order valence-corrected chi connectivity index (χ4v) is 2.85. The number of aliphatic hydroxyl groups is 3. The van der Waals surface area contributed by atoms with E-state index in [2.05, 4.69) is 27.8 Å². The number of unbranched alkanes of at least 4 members (excludes halogenated alkanes) is 1. The van der Waals surface area contributed by atoms with Crippen LogP contribution in [-0.4, -0.2) is 24.9 Å². The first-order valence-corrected chi connectivity index (χ1v) is 8.17. The zero-order valence-electron chi connectivity index (χ0n) is 12.1. The molecule has 0 spiro atoms. The van der Waals surface area contributed by atoms with Gasteiger partial charge in [0.15, 0.2) is 5.15 Å². The lowest BCUT2D eigenvalue weighted by Crippen LogP contribution is -2.28. The van der Waals surface area contributed by atoms with E-state index in [1.807, 2.05) is 24.3 Å². The zero-order valence-corrected chi connectivity index (χ0v) is 14.5. The predicted molar refractivity (Wildman–Crippen MR) is 87.4 cm³/mol. The second-order valence-corrected chi connectivity index (χ2v) is 6.39. The quantitative estimate of drug-likeness (QED) is 0.664. The summed E-state index contributed by atoms with van der Waals surface area (Å²) in [5.74, 6) is -2.41. The number of aromatic nitrogens is 2. The fraction of sp³-hybridized carbons (Fsp3) is 0.400. The average Bonchev–Trinajstić information content (AvgIpc) is 2.74. The molecule has 0 saturated heterocycles. The molecule has 120 valence electrons. The van der Waals surface area contributed by atoms with E-state index >= 15 is 0 Å². The molecule has 0 unspecified atom stereocenters. The van der Waals surface area contributed by atoms with Gasteiger partial charge in [-0.25, -0.2) is 4.98 Å². The third-order valence-corrected chi connectivity index (χ3v) is 4.12. The molecule has 0 amide bonds. The molecule has 2 rings (SSSR count). The first-order chi connectivity index (χ1) is 10.3. The average molecular weight is 390 g/mol. The Kier molecular flexibility index (Phi) is 5.63.